The number of aryl methyl sites for hydroxylation is 2. The Bertz CT molecular complexity index is 957. The van der Waals surface area contributed by atoms with Crippen LogP contribution in [0, 0.1) is 13.8 Å². The molecule has 0 aliphatic heterocycles. The van der Waals surface area contributed by atoms with Crippen LogP contribution in [-0.2, 0) is 6.18 Å². The van der Waals surface area contributed by atoms with Crippen molar-refractivity contribution in [3.8, 4) is 17.1 Å². The van der Waals surface area contributed by atoms with Gasteiger partial charge in [-0.1, -0.05) is 11.2 Å². The highest BCUT2D eigenvalue weighted by molar-refractivity contribution is 5.96. The standard InChI is InChI=1S/C16H12F3N3O3/c1-8-6-12(21-25-8)14-13(15(23)24)9(2)20-22(14)11-5-3-4-10(7-11)16(17,18)19/h3-7H,1-2H3,(H,23,24). The number of aromatic carboxylic acids is 1. The molecule has 2 aromatic heterocycles. The lowest BCUT2D eigenvalue weighted by Gasteiger charge is -2.10. The quantitative estimate of drug-likeness (QED) is 0.775. The molecule has 1 aromatic carbocycles. The number of alkyl halides is 3. The first-order chi connectivity index (χ1) is 11.7. The number of halogens is 3. The predicted molar refractivity (Wildman–Crippen MR) is 80.5 cm³/mol. The van der Waals surface area contributed by atoms with E-state index in [0.717, 1.165) is 16.8 Å². The second-order valence-electron chi connectivity index (χ2n) is 5.40. The fraction of sp³-hybridized carbons (Fsp3) is 0.188. The Labute approximate surface area is 139 Å². The molecule has 0 aliphatic rings. The van der Waals surface area contributed by atoms with Crippen LogP contribution in [0.25, 0.3) is 17.1 Å². The van der Waals surface area contributed by atoms with Gasteiger partial charge in [0.15, 0.2) is 0 Å². The van der Waals surface area contributed by atoms with Crippen LogP contribution in [0.5, 0.6) is 0 Å². The Hall–Kier alpha value is -3.10. The second-order valence-corrected chi connectivity index (χ2v) is 5.40. The van der Waals surface area contributed by atoms with Gasteiger partial charge in [0.25, 0.3) is 0 Å². The van der Waals surface area contributed by atoms with Crippen LogP contribution in [-0.4, -0.2) is 26.0 Å². The summed E-state index contributed by atoms with van der Waals surface area (Å²) in [6, 6.07) is 5.95. The molecule has 0 radical (unpaired) electrons. The SMILES string of the molecule is Cc1cc(-c2c(C(=O)O)c(C)nn2-c2cccc(C(F)(F)F)c2)no1. The highest BCUT2D eigenvalue weighted by Gasteiger charge is 2.31. The molecule has 1 N–H and O–H groups in total. The zero-order chi connectivity index (χ0) is 18.4. The number of carboxylic acids is 1. The van der Waals surface area contributed by atoms with Crippen molar-refractivity contribution in [3.63, 3.8) is 0 Å². The number of hydrogen-bond acceptors (Lipinski definition) is 4. The van der Waals surface area contributed by atoms with E-state index in [2.05, 4.69) is 10.3 Å². The maximum absolute atomic E-state index is 13.0. The van der Waals surface area contributed by atoms with Crippen molar-refractivity contribution < 1.29 is 27.6 Å². The van der Waals surface area contributed by atoms with E-state index >= 15 is 0 Å². The molecule has 0 unspecified atom stereocenters. The third kappa shape index (κ3) is 3.00. The van der Waals surface area contributed by atoms with Crippen LogP contribution >= 0.6 is 0 Å². The Morgan fingerprint density at radius 3 is 2.52 bits per heavy atom. The summed E-state index contributed by atoms with van der Waals surface area (Å²) in [6.07, 6.45) is -4.53. The molecule has 9 heteroatoms. The van der Waals surface area contributed by atoms with Gasteiger partial charge in [0.2, 0.25) is 0 Å². The molecule has 0 bridgehead atoms. The highest BCUT2D eigenvalue weighted by Crippen LogP contribution is 2.33. The predicted octanol–water partition coefficient (Wildman–Crippen LogP) is 3.86. The van der Waals surface area contributed by atoms with Crippen LogP contribution in [0.3, 0.4) is 0 Å². The molecule has 2 heterocycles. The van der Waals surface area contributed by atoms with E-state index < -0.39 is 17.7 Å². The average Bonchev–Trinajstić information content (AvgIpc) is 3.09. The third-order valence-electron chi connectivity index (χ3n) is 3.56. The maximum atomic E-state index is 13.0. The maximum Gasteiger partial charge on any atom is 0.416 e. The molecule has 0 spiro atoms. The third-order valence-corrected chi connectivity index (χ3v) is 3.56. The van der Waals surface area contributed by atoms with E-state index in [1.54, 1.807) is 6.92 Å². The van der Waals surface area contributed by atoms with Crippen molar-refractivity contribution in [2.45, 2.75) is 20.0 Å². The summed E-state index contributed by atoms with van der Waals surface area (Å²) in [6.45, 7) is 3.08. The first-order valence-electron chi connectivity index (χ1n) is 7.12. The van der Waals surface area contributed by atoms with Crippen LogP contribution < -0.4 is 0 Å². The molecule has 0 fully saturated rings. The lowest BCUT2D eigenvalue weighted by molar-refractivity contribution is -0.137. The number of benzene rings is 1. The molecule has 0 atom stereocenters. The fourth-order valence-electron chi connectivity index (χ4n) is 2.50. The van der Waals surface area contributed by atoms with Gasteiger partial charge in [-0.25, -0.2) is 9.48 Å². The number of rotatable bonds is 3. The van der Waals surface area contributed by atoms with Crippen LogP contribution in [0.15, 0.2) is 34.9 Å². The number of nitrogens with zero attached hydrogens (tertiary/aromatic N) is 3. The average molecular weight is 351 g/mol. The van der Waals surface area contributed by atoms with Gasteiger partial charge in [0.05, 0.1) is 16.9 Å². The van der Waals surface area contributed by atoms with Crippen molar-refractivity contribution in [1.29, 1.82) is 0 Å². The molecule has 0 amide bonds. The molecule has 25 heavy (non-hydrogen) atoms. The minimum Gasteiger partial charge on any atom is -0.478 e. The molecule has 0 saturated heterocycles. The molecule has 0 saturated carbocycles. The second kappa shape index (κ2) is 5.76. The fourth-order valence-corrected chi connectivity index (χ4v) is 2.50. The lowest BCUT2D eigenvalue weighted by Crippen LogP contribution is -2.08. The van der Waals surface area contributed by atoms with E-state index in [-0.39, 0.29) is 28.3 Å². The van der Waals surface area contributed by atoms with Gasteiger partial charge in [0.1, 0.15) is 22.7 Å². The van der Waals surface area contributed by atoms with E-state index in [1.165, 1.54) is 25.1 Å². The summed E-state index contributed by atoms with van der Waals surface area (Å²) in [7, 11) is 0. The smallest absolute Gasteiger partial charge is 0.416 e. The first kappa shape index (κ1) is 16.7. The Morgan fingerprint density at radius 2 is 1.96 bits per heavy atom. The van der Waals surface area contributed by atoms with E-state index in [9.17, 15) is 23.1 Å². The molecule has 0 aliphatic carbocycles. The van der Waals surface area contributed by atoms with Gasteiger partial charge in [-0.3, -0.25) is 0 Å². The van der Waals surface area contributed by atoms with Gasteiger partial charge in [-0.15, -0.1) is 0 Å². The van der Waals surface area contributed by atoms with Crippen molar-refractivity contribution >= 4 is 5.97 Å². The Balaban J connectivity index is 2.27. The Morgan fingerprint density at radius 1 is 1.24 bits per heavy atom. The van der Waals surface area contributed by atoms with Crippen LogP contribution in [0.4, 0.5) is 13.2 Å². The van der Waals surface area contributed by atoms with Crippen molar-refractivity contribution in [2.24, 2.45) is 0 Å². The summed E-state index contributed by atoms with van der Waals surface area (Å²) in [4.78, 5) is 11.6. The molecule has 3 rings (SSSR count). The summed E-state index contributed by atoms with van der Waals surface area (Å²) in [5.41, 5.74) is -0.557. The number of carboxylic acid groups (broad SMARTS) is 1. The minimum atomic E-state index is -4.53. The van der Waals surface area contributed by atoms with Crippen molar-refractivity contribution in [2.75, 3.05) is 0 Å². The molecular formula is C16H12F3N3O3. The molecule has 130 valence electrons. The zero-order valence-electron chi connectivity index (χ0n) is 13.1. The topological polar surface area (TPSA) is 81.1 Å². The first-order valence-corrected chi connectivity index (χ1v) is 7.12. The van der Waals surface area contributed by atoms with Crippen LogP contribution in [0.1, 0.15) is 27.4 Å². The number of carbonyl (C=O) groups is 1. The van der Waals surface area contributed by atoms with E-state index in [4.69, 9.17) is 4.52 Å². The van der Waals surface area contributed by atoms with Crippen molar-refractivity contribution in [1.82, 2.24) is 14.9 Å². The minimum absolute atomic E-state index is 0.0566. The summed E-state index contributed by atoms with van der Waals surface area (Å²) in [5.74, 6) is -0.827. The summed E-state index contributed by atoms with van der Waals surface area (Å²) < 4.78 is 45.0. The van der Waals surface area contributed by atoms with Gasteiger partial charge < -0.3 is 9.63 Å². The molecular weight excluding hydrogens is 339 g/mol. The normalized spacial score (nSPS) is 11.7. The molecule has 6 nitrogen and oxygen atoms in total. The molecule has 3 aromatic rings. The highest BCUT2D eigenvalue weighted by atomic mass is 19.4. The van der Waals surface area contributed by atoms with Gasteiger partial charge >= 0.3 is 12.1 Å². The van der Waals surface area contributed by atoms with E-state index in [0.29, 0.717) is 5.76 Å². The summed E-state index contributed by atoms with van der Waals surface area (Å²) >= 11 is 0. The van der Waals surface area contributed by atoms with Gasteiger partial charge in [-0.05, 0) is 32.0 Å². The van der Waals surface area contributed by atoms with Gasteiger partial charge in [0, 0.05) is 6.07 Å². The zero-order valence-corrected chi connectivity index (χ0v) is 13.1. The number of aromatic nitrogens is 3. The number of hydrogen-bond donors (Lipinski definition) is 1. The van der Waals surface area contributed by atoms with Crippen molar-refractivity contribution in [3.05, 3.63) is 52.9 Å². The largest absolute Gasteiger partial charge is 0.478 e. The van der Waals surface area contributed by atoms with Crippen LogP contribution in [0.2, 0.25) is 0 Å². The van der Waals surface area contributed by atoms with Gasteiger partial charge in [-0.2, -0.15) is 18.3 Å². The monoisotopic (exact) mass is 351 g/mol. The van der Waals surface area contributed by atoms with E-state index in [1.807, 2.05) is 0 Å². The Kier molecular flexibility index (Phi) is 3.86. The summed E-state index contributed by atoms with van der Waals surface area (Å²) in [5, 5.41) is 17.3. The lowest BCUT2D eigenvalue weighted by atomic mass is 10.1.